The van der Waals surface area contributed by atoms with E-state index in [2.05, 4.69) is 48.9 Å². The van der Waals surface area contributed by atoms with E-state index in [4.69, 9.17) is 0 Å². The molecule has 0 bridgehead atoms. The molecule has 0 radical (unpaired) electrons. The summed E-state index contributed by atoms with van der Waals surface area (Å²) in [5.74, 6) is 0. The number of unbranched alkanes of at least 4 members (excludes halogenated alkanes) is 2. The molecule has 0 aromatic rings. The molecule has 0 nitrogen and oxygen atoms in total. The van der Waals surface area contributed by atoms with E-state index in [0.29, 0.717) is 0 Å². The zero-order valence-corrected chi connectivity index (χ0v) is 15.0. The average Bonchev–Trinajstić information content (AvgIpc) is 3.05. The third kappa shape index (κ3) is 3.82. The molecule has 0 saturated carbocycles. The molecule has 2 aliphatic rings. The van der Waals surface area contributed by atoms with E-state index in [-0.39, 0.29) is 0 Å². The Morgan fingerprint density at radius 3 is 2.29 bits per heavy atom. The van der Waals surface area contributed by atoms with Crippen LogP contribution in [-0.2, 0) is 16.0 Å². The third-order valence-electron chi connectivity index (χ3n) is 4.69. The van der Waals surface area contributed by atoms with Crippen molar-refractivity contribution in [2.75, 3.05) is 0 Å². The first-order valence-electron chi connectivity index (χ1n) is 8.71. The summed E-state index contributed by atoms with van der Waals surface area (Å²) in [6, 6.07) is 0. The van der Waals surface area contributed by atoms with Gasteiger partial charge in [0.15, 0.2) is 0 Å². The molecule has 0 N–H and O–H groups in total. The molecule has 21 heavy (non-hydrogen) atoms. The van der Waals surface area contributed by atoms with E-state index >= 15 is 0 Å². The predicted octanol–water partition coefficient (Wildman–Crippen LogP) is 6.53. The molecule has 0 saturated heterocycles. The van der Waals surface area contributed by atoms with Crippen LogP contribution in [0.25, 0.3) is 0 Å². The fourth-order valence-electron chi connectivity index (χ4n) is 3.48. The van der Waals surface area contributed by atoms with Gasteiger partial charge in [0.05, 0.1) is 0 Å². The van der Waals surface area contributed by atoms with Gasteiger partial charge in [0, 0.05) is 0 Å². The molecule has 1 heteroatoms. The summed E-state index contributed by atoms with van der Waals surface area (Å²) < 4.78 is 1.34. The van der Waals surface area contributed by atoms with Crippen molar-refractivity contribution in [1.29, 1.82) is 0 Å². The first-order valence-corrected chi connectivity index (χ1v) is 9.26. The Hall–Kier alpha value is -0.521. The molecule has 0 fully saturated rings. The summed E-state index contributed by atoms with van der Waals surface area (Å²) in [6.07, 6.45) is 16.0. The van der Waals surface area contributed by atoms with Crippen LogP contribution in [-0.4, -0.2) is 0 Å². The van der Waals surface area contributed by atoms with Gasteiger partial charge in [-0.3, -0.25) is 0 Å². The molecule has 0 amide bonds. The summed E-state index contributed by atoms with van der Waals surface area (Å²) in [5, 5.41) is 0. The molecule has 0 aromatic heterocycles. The van der Waals surface area contributed by atoms with E-state index in [1.54, 1.807) is 16.7 Å². The topological polar surface area (TPSA) is 0 Å². The van der Waals surface area contributed by atoms with E-state index in [0.717, 1.165) is 19.3 Å². The Morgan fingerprint density at radius 2 is 1.62 bits per heavy atom. The van der Waals surface area contributed by atoms with Gasteiger partial charge in [0.25, 0.3) is 0 Å². The first kappa shape index (κ1) is 16.8. The van der Waals surface area contributed by atoms with Gasteiger partial charge in [0.1, 0.15) is 0 Å². The van der Waals surface area contributed by atoms with Crippen molar-refractivity contribution in [3.63, 3.8) is 0 Å². The van der Waals surface area contributed by atoms with E-state index in [1.807, 2.05) is 0 Å². The fraction of sp³-hybridized carbons (Fsp3) is 0.600. The van der Waals surface area contributed by atoms with Crippen molar-refractivity contribution in [1.82, 2.24) is 0 Å². The van der Waals surface area contributed by atoms with Gasteiger partial charge in [-0.15, -0.1) is 0 Å². The van der Waals surface area contributed by atoms with E-state index in [9.17, 15) is 0 Å². The fourth-order valence-corrected chi connectivity index (χ4v) is 3.94. The molecule has 0 spiro atoms. The zero-order valence-electron chi connectivity index (χ0n) is 13.9. The van der Waals surface area contributed by atoms with Crippen LogP contribution in [0.2, 0.25) is 0 Å². The molecule has 117 valence electrons. The van der Waals surface area contributed by atoms with Crippen LogP contribution in [0.5, 0.6) is 0 Å². The molecule has 0 unspecified atom stereocenters. The summed E-state index contributed by atoms with van der Waals surface area (Å²) >= 11 is 4.26. The normalized spacial score (nSPS) is 18.7. The van der Waals surface area contributed by atoms with Gasteiger partial charge >= 0.3 is 139 Å². The Balaban J connectivity index is 2.26. The van der Waals surface area contributed by atoms with Crippen molar-refractivity contribution >= 4 is 0 Å². The van der Waals surface area contributed by atoms with Gasteiger partial charge in [-0.25, -0.2) is 0 Å². The van der Waals surface area contributed by atoms with Crippen molar-refractivity contribution in [2.45, 2.75) is 78.6 Å². The second-order valence-electron chi connectivity index (χ2n) is 6.14. The monoisotopic (exact) mass is 325 g/mol. The summed E-state index contributed by atoms with van der Waals surface area (Å²) in [7, 11) is 0. The molecular formula is C20H29Fe. The molecule has 2 rings (SSSR count). The minimum atomic E-state index is 1.06. The van der Waals surface area contributed by atoms with Gasteiger partial charge < -0.3 is 0 Å². The molecule has 2 aliphatic carbocycles. The van der Waals surface area contributed by atoms with Crippen LogP contribution in [0.3, 0.4) is 0 Å². The van der Waals surface area contributed by atoms with Crippen LogP contribution >= 0.6 is 0 Å². The van der Waals surface area contributed by atoms with E-state index in [1.165, 1.54) is 54.1 Å². The second-order valence-corrected chi connectivity index (χ2v) is 6.81. The number of hydrogen-bond acceptors (Lipinski definition) is 0. The number of rotatable bonds is 8. The van der Waals surface area contributed by atoms with Crippen LogP contribution < -0.4 is 0 Å². The SMILES string of the molecule is CCCCC1=CCC(C2=CC[C]([Fe])=C2CC)=C1CCCC. The van der Waals surface area contributed by atoms with Gasteiger partial charge in [-0.2, -0.15) is 0 Å². The maximum absolute atomic E-state index is 4.26. The Kier molecular flexibility index (Phi) is 6.58. The molecule has 0 aromatic carbocycles. The van der Waals surface area contributed by atoms with E-state index < -0.39 is 0 Å². The maximum atomic E-state index is 4.26. The van der Waals surface area contributed by atoms with Crippen LogP contribution in [0.15, 0.2) is 44.5 Å². The summed E-state index contributed by atoms with van der Waals surface area (Å²) in [4.78, 5) is 0. The third-order valence-corrected chi connectivity index (χ3v) is 5.25. The van der Waals surface area contributed by atoms with Crippen LogP contribution in [0, 0.1) is 0 Å². The Morgan fingerprint density at radius 1 is 0.905 bits per heavy atom. The minimum absolute atomic E-state index is 1.06. The molecule has 0 heterocycles. The Labute approximate surface area is 139 Å². The van der Waals surface area contributed by atoms with Crippen LogP contribution in [0.1, 0.15) is 78.6 Å². The zero-order chi connectivity index (χ0) is 15.2. The Bertz CT molecular complexity index is 500. The number of hydrogen-bond donors (Lipinski definition) is 0. The standard InChI is InChI=1S/C20H29.Fe/c1-4-7-10-17-14-15-20(19(17)12-8-5-2)18-13-9-11-16(18)6-3;/h13-14H,4-10,12,15H2,1-3H3;. The van der Waals surface area contributed by atoms with Crippen molar-refractivity contribution < 1.29 is 16.0 Å². The number of allylic oxidation sites excluding steroid dienone is 8. The van der Waals surface area contributed by atoms with Crippen molar-refractivity contribution in [3.05, 3.63) is 44.5 Å². The van der Waals surface area contributed by atoms with Gasteiger partial charge in [0.2, 0.25) is 0 Å². The van der Waals surface area contributed by atoms with Crippen LogP contribution in [0.4, 0.5) is 0 Å². The summed E-state index contributed by atoms with van der Waals surface area (Å²) in [5.41, 5.74) is 8.01. The average molecular weight is 325 g/mol. The predicted molar refractivity (Wildman–Crippen MR) is 88.8 cm³/mol. The van der Waals surface area contributed by atoms with Gasteiger partial charge in [-0.05, 0) is 0 Å². The quantitative estimate of drug-likeness (QED) is 0.445. The molecule has 0 atom stereocenters. The van der Waals surface area contributed by atoms with Crippen molar-refractivity contribution in [2.24, 2.45) is 0 Å². The second kappa shape index (κ2) is 8.20. The van der Waals surface area contributed by atoms with Crippen molar-refractivity contribution in [3.8, 4) is 0 Å². The summed E-state index contributed by atoms with van der Waals surface area (Å²) in [6.45, 7) is 6.86. The molecular weight excluding hydrogens is 296 g/mol. The molecule has 0 aliphatic heterocycles. The first-order chi connectivity index (χ1) is 10.2. The van der Waals surface area contributed by atoms with Gasteiger partial charge in [-0.1, -0.05) is 0 Å².